The van der Waals surface area contributed by atoms with Gasteiger partial charge in [-0.2, -0.15) is 0 Å². The molecule has 3 heteroatoms. The molecule has 0 saturated carbocycles. The number of aromatic nitrogens is 1. The molecule has 0 fully saturated rings. The lowest BCUT2D eigenvalue weighted by molar-refractivity contribution is 0.111. The molecule has 1 aromatic carbocycles. The third-order valence-electron chi connectivity index (χ3n) is 2.22. The summed E-state index contributed by atoms with van der Waals surface area (Å²) in [6, 6.07) is 7.94. The van der Waals surface area contributed by atoms with Crippen LogP contribution in [-0.4, -0.2) is 11.3 Å². The van der Waals surface area contributed by atoms with E-state index >= 15 is 0 Å². The highest BCUT2D eigenvalue weighted by Crippen LogP contribution is 2.19. The van der Waals surface area contributed by atoms with Crippen molar-refractivity contribution in [3.05, 3.63) is 41.8 Å². The minimum atomic E-state index is 0.326. The molecule has 0 amide bonds. The van der Waals surface area contributed by atoms with Crippen LogP contribution >= 0.6 is 0 Å². The van der Waals surface area contributed by atoms with Gasteiger partial charge in [-0.25, -0.2) is 4.98 Å². The first-order valence-electron chi connectivity index (χ1n) is 4.83. The van der Waals surface area contributed by atoms with Crippen LogP contribution in [0.1, 0.15) is 23.0 Å². The number of carbonyl (C=O) groups is 1. The van der Waals surface area contributed by atoms with Gasteiger partial charge in [0.25, 0.3) is 0 Å². The smallest absolute Gasteiger partial charge is 0.226 e. The van der Waals surface area contributed by atoms with Gasteiger partial charge in [0.1, 0.15) is 12.0 Å². The van der Waals surface area contributed by atoms with Crippen LogP contribution in [0.15, 0.2) is 34.9 Å². The fourth-order valence-corrected chi connectivity index (χ4v) is 1.40. The van der Waals surface area contributed by atoms with E-state index in [4.69, 9.17) is 4.42 Å². The maximum absolute atomic E-state index is 10.5. The van der Waals surface area contributed by atoms with Crippen LogP contribution in [0.4, 0.5) is 0 Å². The highest BCUT2D eigenvalue weighted by atomic mass is 16.3. The minimum absolute atomic E-state index is 0.326. The SMILES string of the molecule is CCc1cccc(-c2nc(C=O)co2)c1. The van der Waals surface area contributed by atoms with Crippen molar-refractivity contribution >= 4 is 6.29 Å². The molecule has 0 N–H and O–H groups in total. The summed E-state index contributed by atoms with van der Waals surface area (Å²) in [7, 11) is 0. The fraction of sp³-hybridized carbons (Fsp3) is 0.167. The fourth-order valence-electron chi connectivity index (χ4n) is 1.40. The quantitative estimate of drug-likeness (QED) is 0.717. The van der Waals surface area contributed by atoms with Crippen LogP contribution in [0.2, 0.25) is 0 Å². The Balaban J connectivity index is 2.39. The Labute approximate surface area is 87.8 Å². The molecule has 0 aliphatic heterocycles. The van der Waals surface area contributed by atoms with E-state index in [0.29, 0.717) is 17.9 Å². The maximum atomic E-state index is 10.5. The molecule has 0 bridgehead atoms. The number of carbonyl (C=O) groups excluding carboxylic acids is 1. The predicted octanol–water partition coefficient (Wildman–Crippen LogP) is 2.72. The molecule has 1 aromatic heterocycles. The normalized spacial score (nSPS) is 10.2. The van der Waals surface area contributed by atoms with E-state index < -0.39 is 0 Å². The second kappa shape index (κ2) is 4.09. The Kier molecular flexibility index (Phi) is 2.63. The number of aryl methyl sites for hydroxylation is 1. The molecule has 2 aromatic rings. The molecule has 0 spiro atoms. The van der Waals surface area contributed by atoms with Gasteiger partial charge in [0.2, 0.25) is 5.89 Å². The maximum Gasteiger partial charge on any atom is 0.226 e. The van der Waals surface area contributed by atoms with Crippen molar-refractivity contribution in [2.45, 2.75) is 13.3 Å². The van der Waals surface area contributed by atoms with Gasteiger partial charge in [0.15, 0.2) is 6.29 Å². The van der Waals surface area contributed by atoms with E-state index in [0.717, 1.165) is 12.0 Å². The Hall–Kier alpha value is -1.90. The van der Waals surface area contributed by atoms with Crippen LogP contribution in [0.25, 0.3) is 11.5 Å². The molecule has 0 aliphatic carbocycles. The average molecular weight is 201 g/mol. The summed E-state index contributed by atoms with van der Waals surface area (Å²) in [6.45, 7) is 2.09. The van der Waals surface area contributed by atoms with E-state index in [1.807, 2.05) is 24.3 Å². The van der Waals surface area contributed by atoms with Gasteiger partial charge in [0, 0.05) is 5.56 Å². The van der Waals surface area contributed by atoms with Crippen LogP contribution in [0, 0.1) is 0 Å². The van der Waals surface area contributed by atoms with Crippen molar-refractivity contribution in [3.63, 3.8) is 0 Å². The number of oxazole rings is 1. The molecule has 3 nitrogen and oxygen atoms in total. The Bertz CT molecular complexity index is 474. The van der Waals surface area contributed by atoms with Gasteiger partial charge >= 0.3 is 0 Å². The molecule has 15 heavy (non-hydrogen) atoms. The lowest BCUT2D eigenvalue weighted by Gasteiger charge is -1.98. The van der Waals surface area contributed by atoms with Gasteiger partial charge < -0.3 is 4.42 Å². The van der Waals surface area contributed by atoms with Crippen LogP contribution in [0.5, 0.6) is 0 Å². The van der Waals surface area contributed by atoms with E-state index in [1.54, 1.807) is 0 Å². The third kappa shape index (κ3) is 1.96. The molecule has 0 atom stereocenters. The Morgan fingerprint density at radius 1 is 1.47 bits per heavy atom. The summed E-state index contributed by atoms with van der Waals surface area (Å²) in [5, 5.41) is 0. The molecule has 76 valence electrons. The highest BCUT2D eigenvalue weighted by molar-refractivity contribution is 5.72. The standard InChI is InChI=1S/C12H11NO2/c1-2-9-4-3-5-10(6-9)12-13-11(7-14)8-15-12/h3-8H,2H2,1H3. The van der Waals surface area contributed by atoms with Gasteiger partial charge in [-0.05, 0) is 24.1 Å². The van der Waals surface area contributed by atoms with Crippen molar-refractivity contribution in [3.8, 4) is 11.5 Å². The second-order valence-corrected chi connectivity index (χ2v) is 3.25. The van der Waals surface area contributed by atoms with Crippen molar-refractivity contribution in [2.24, 2.45) is 0 Å². The predicted molar refractivity (Wildman–Crippen MR) is 56.7 cm³/mol. The molecule has 0 radical (unpaired) electrons. The number of hydrogen-bond donors (Lipinski definition) is 0. The summed E-state index contributed by atoms with van der Waals surface area (Å²) < 4.78 is 5.20. The second-order valence-electron chi connectivity index (χ2n) is 3.25. The van der Waals surface area contributed by atoms with Crippen LogP contribution in [-0.2, 0) is 6.42 Å². The van der Waals surface area contributed by atoms with E-state index in [1.165, 1.54) is 11.8 Å². The van der Waals surface area contributed by atoms with Crippen molar-refractivity contribution in [1.82, 2.24) is 4.98 Å². The minimum Gasteiger partial charge on any atom is -0.444 e. The number of nitrogens with zero attached hydrogens (tertiary/aromatic N) is 1. The third-order valence-corrected chi connectivity index (χ3v) is 2.22. The number of aldehydes is 1. The Morgan fingerprint density at radius 2 is 2.33 bits per heavy atom. The molecule has 1 heterocycles. The molecular weight excluding hydrogens is 190 g/mol. The highest BCUT2D eigenvalue weighted by Gasteiger charge is 2.05. The van der Waals surface area contributed by atoms with Crippen molar-refractivity contribution in [2.75, 3.05) is 0 Å². The zero-order valence-corrected chi connectivity index (χ0v) is 8.43. The zero-order chi connectivity index (χ0) is 10.7. The first-order valence-corrected chi connectivity index (χ1v) is 4.83. The monoisotopic (exact) mass is 201 g/mol. The number of rotatable bonds is 3. The van der Waals surface area contributed by atoms with Gasteiger partial charge in [-0.3, -0.25) is 4.79 Å². The number of benzene rings is 1. The van der Waals surface area contributed by atoms with E-state index in [2.05, 4.69) is 11.9 Å². The zero-order valence-electron chi connectivity index (χ0n) is 8.43. The first kappa shape index (κ1) is 9.65. The van der Waals surface area contributed by atoms with Crippen LogP contribution in [0.3, 0.4) is 0 Å². The van der Waals surface area contributed by atoms with Gasteiger partial charge in [-0.1, -0.05) is 19.1 Å². The molecule has 2 rings (SSSR count). The molecule has 0 unspecified atom stereocenters. The topological polar surface area (TPSA) is 43.1 Å². The summed E-state index contributed by atoms with van der Waals surface area (Å²) in [5.74, 6) is 0.493. The van der Waals surface area contributed by atoms with Crippen molar-refractivity contribution < 1.29 is 9.21 Å². The largest absolute Gasteiger partial charge is 0.444 e. The lowest BCUT2D eigenvalue weighted by atomic mass is 10.1. The number of hydrogen-bond acceptors (Lipinski definition) is 3. The summed E-state index contributed by atoms with van der Waals surface area (Å²) in [5.41, 5.74) is 2.45. The molecular formula is C12H11NO2. The molecule has 0 aliphatic rings. The molecule has 0 saturated heterocycles. The van der Waals surface area contributed by atoms with E-state index in [9.17, 15) is 4.79 Å². The first-order chi connectivity index (χ1) is 7.33. The van der Waals surface area contributed by atoms with Gasteiger partial charge in [-0.15, -0.1) is 0 Å². The summed E-state index contributed by atoms with van der Waals surface area (Å²) in [6.07, 6.45) is 3.01. The van der Waals surface area contributed by atoms with Crippen molar-refractivity contribution in [1.29, 1.82) is 0 Å². The summed E-state index contributed by atoms with van der Waals surface area (Å²) in [4.78, 5) is 14.5. The van der Waals surface area contributed by atoms with Gasteiger partial charge in [0.05, 0.1) is 0 Å². The average Bonchev–Trinajstić information content (AvgIpc) is 2.78. The van der Waals surface area contributed by atoms with Crippen LogP contribution < -0.4 is 0 Å². The summed E-state index contributed by atoms with van der Waals surface area (Å²) >= 11 is 0. The van der Waals surface area contributed by atoms with E-state index in [-0.39, 0.29) is 0 Å². The Morgan fingerprint density at radius 3 is 3.00 bits per heavy atom. The lowest BCUT2D eigenvalue weighted by Crippen LogP contribution is -1.83.